The van der Waals surface area contributed by atoms with Crippen LogP contribution >= 0.6 is 11.3 Å². The molecule has 1 rings (SSSR count). The van der Waals surface area contributed by atoms with Crippen molar-refractivity contribution in [3.05, 3.63) is 17.0 Å². The van der Waals surface area contributed by atoms with E-state index < -0.39 is 5.97 Å². The molecule has 0 radical (unpaired) electrons. The summed E-state index contributed by atoms with van der Waals surface area (Å²) >= 11 is 1.28. The molecule has 1 amide bonds. The van der Waals surface area contributed by atoms with E-state index in [0.717, 1.165) is 0 Å². The van der Waals surface area contributed by atoms with Crippen molar-refractivity contribution < 1.29 is 14.7 Å². The first-order valence-electron chi connectivity index (χ1n) is 4.83. The summed E-state index contributed by atoms with van der Waals surface area (Å²) in [5.74, 6) is -1.21. The molecule has 17 heavy (non-hydrogen) atoms. The predicted octanol–water partition coefficient (Wildman–Crippen LogP) is 0.623. The number of anilines is 1. The molecule has 3 N–H and O–H groups in total. The topological polar surface area (TPSA) is 102 Å². The van der Waals surface area contributed by atoms with Crippen molar-refractivity contribution in [3.63, 3.8) is 0 Å². The molecule has 0 aliphatic heterocycles. The van der Waals surface area contributed by atoms with E-state index >= 15 is 0 Å². The second kappa shape index (κ2) is 6.62. The van der Waals surface area contributed by atoms with E-state index in [2.05, 4.69) is 10.6 Å². The summed E-state index contributed by atoms with van der Waals surface area (Å²) in [6, 6.07) is 3.59. The van der Waals surface area contributed by atoms with Gasteiger partial charge in [0, 0.05) is 13.0 Å². The molecule has 0 aromatic carbocycles. The molecule has 7 heteroatoms. The summed E-state index contributed by atoms with van der Waals surface area (Å²) in [5.41, 5.74) is 0.432. The Morgan fingerprint density at radius 2 is 2.29 bits per heavy atom. The van der Waals surface area contributed by atoms with E-state index in [1.807, 2.05) is 6.07 Å². The molecule has 90 valence electrons. The van der Waals surface area contributed by atoms with Gasteiger partial charge in [0.2, 0.25) is 5.91 Å². The number of thiophene rings is 1. The average molecular weight is 253 g/mol. The van der Waals surface area contributed by atoms with Gasteiger partial charge in [-0.15, -0.1) is 11.3 Å². The number of rotatable bonds is 6. The monoisotopic (exact) mass is 253 g/mol. The van der Waals surface area contributed by atoms with E-state index in [-0.39, 0.29) is 25.4 Å². The van der Waals surface area contributed by atoms with Gasteiger partial charge in [0.05, 0.1) is 12.1 Å². The van der Waals surface area contributed by atoms with Crippen LogP contribution in [0.2, 0.25) is 0 Å². The minimum Gasteiger partial charge on any atom is -0.480 e. The zero-order chi connectivity index (χ0) is 12.7. The van der Waals surface area contributed by atoms with Gasteiger partial charge in [-0.2, -0.15) is 5.26 Å². The SMILES string of the molecule is N#Cc1ccsc1NC(=O)CCNCC(=O)O. The molecule has 0 aliphatic carbocycles. The van der Waals surface area contributed by atoms with Crippen molar-refractivity contribution in [2.75, 3.05) is 18.4 Å². The summed E-state index contributed by atoms with van der Waals surface area (Å²) in [5, 5.41) is 24.5. The molecular formula is C10H11N3O3S. The largest absolute Gasteiger partial charge is 0.480 e. The van der Waals surface area contributed by atoms with Gasteiger partial charge in [-0.25, -0.2) is 0 Å². The zero-order valence-corrected chi connectivity index (χ0v) is 9.71. The number of carboxylic acids is 1. The lowest BCUT2D eigenvalue weighted by molar-refractivity contribution is -0.136. The second-order valence-electron chi connectivity index (χ2n) is 3.14. The highest BCUT2D eigenvalue weighted by Crippen LogP contribution is 2.21. The Morgan fingerprint density at radius 3 is 2.94 bits per heavy atom. The van der Waals surface area contributed by atoms with Crippen molar-refractivity contribution in [1.82, 2.24) is 5.32 Å². The number of nitriles is 1. The number of carboxylic acid groups (broad SMARTS) is 1. The van der Waals surface area contributed by atoms with Crippen LogP contribution in [0, 0.1) is 11.3 Å². The molecule has 0 saturated carbocycles. The minimum absolute atomic E-state index is 0.163. The van der Waals surface area contributed by atoms with Crippen LogP contribution in [-0.2, 0) is 9.59 Å². The third-order valence-electron chi connectivity index (χ3n) is 1.84. The maximum atomic E-state index is 11.4. The lowest BCUT2D eigenvalue weighted by atomic mass is 10.3. The lowest BCUT2D eigenvalue weighted by Gasteiger charge is -2.03. The van der Waals surface area contributed by atoms with Gasteiger partial charge in [0.15, 0.2) is 0 Å². The zero-order valence-electron chi connectivity index (χ0n) is 8.90. The van der Waals surface area contributed by atoms with E-state index in [9.17, 15) is 9.59 Å². The summed E-state index contributed by atoms with van der Waals surface area (Å²) in [6.45, 7) is 0.112. The van der Waals surface area contributed by atoms with Crippen LogP contribution in [-0.4, -0.2) is 30.1 Å². The fourth-order valence-corrected chi connectivity index (χ4v) is 1.83. The fourth-order valence-electron chi connectivity index (χ4n) is 1.08. The van der Waals surface area contributed by atoms with Gasteiger partial charge in [0.1, 0.15) is 11.1 Å². The fraction of sp³-hybridized carbons (Fsp3) is 0.300. The lowest BCUT2D eigenvalue weighted by Crippen LogP contribution is -2.26. The van der Waals surface area contributed by atoms with Gasteiger partial charge in [-0.3, -0.25) is 9.59 Å². The van der Waals surface area contributed by atoms with Gasteiger partial charge < -0.3 is 15.7 Å². The molecule has 0 spiro atoms. The first-order chi connectivity index (χ1) is 8.13. The number of carbonyl (C=O) groups excluding carboxylic acids is 1. The third-order valence-corrected chi connectivity index (χ3v) is 2.67. The predicted molar refractivity (Wildman–Crippen MR) is 62.8 cm³/mol. The normalized spacial score (nSPS) is 9.59. The Kier molecular flexibility index (Phi) is 5.13. The Balaban J connectivity index is 2.31. The number of amides is 1. The highest BCUT2D eigenvalue weighted by atomic mass is 32.1. The summed E-state index contributed by atoms with van der Waals surface area (Å²) < 4.78 is 0. The van der Waals surface area contributed by atoms with Crippen LogP contribution in [0.3, 0.4) is 0 Å². The van der Waals surface area contributed by atoms with Crippen LogP contribution in [0.15, 0.2) is 11.4 Å². The van der Waals surface area contributed by atoms with Crippen LogP contribution in [0.4, 0.5) is 5.00 Å². The van der Waals surface area contributed by atoms with Crippen LogP contribution in [0.25, 0.3) is 0 Å². The van der Waals surface area contributed by atoms with Gasteiger partial charge >= 0.3 is 5.97 Å². The first-order valence-corrected chi connectivity index (χ1v) is 5.71. The molecule has 1 aromatic rings. The van der Waals surface area contributed by atoms with Crippen molar-refractivity contribution in [2.24, 2.45) is 0 Å². The molecule has 0 unspecified atom stereocenters. The van der Waals surface area contributed by atoms with Crippen molar-refractivity contribution in [3.8, 4) is 6.07 Å². The highest BCUT2D eigenvalue weighted by Gasteiger charge is 2.07. The maximum Gasteiger partial charge on any atom is 0.317 e. The molecule has 1 heterocycles. The highest BCUT2D eigenvalue weighted by molar-refractivity contribution is 7.14. The van der Waals surface area contributed by atoms with Gasteiger partial charge in [0.25, 0.3) is 0 Å². The van der Waals surface area contributed by atoms with E-state index in [1.165, 1.54) is 11.3 Å². The van der Waals surface area contributed by atoms with Crippen LogP contribution in [0.5, 0.6) is 0 Å². The average Bonchev–Trinajstić information content (AvgIpc) is 2.71. The molecule has 6 nitrogen and oxygen atoms in total. The number of aliphatic carboxylic acids is 1. The number of hydrogen-bond donors (Lipinski definition) is 3. The summed E-state index contributed by atoms with van der Waals surface area (Å²) in [4.78, 5) is 21.6. The van der Waals surface area contributed by atoms with Gasteiger partial charge in [-0.05, 0) is 11.4 Å². The smallest absolute Gasteiger partial charge is 0.317 e. The van der Waals surface area contributed by atoms with E-state index in [4.69, 9.17) is 10.4 Å². The molecule has 0 saturated heterocycles. The number of hydrogen-bond acceptors (Lipinski definition) is 5. The minimum atomic E-state index is -0.963. The second-order valence-corrected chi connectivity index (χ2v) is 4.06. The summed E-state index contributed by atoms with van der Waals surface area (Å²) in [6.07, 6.45) is 0.163. The first kappa shape index (κ1) is 13.2. The summed E-state index contributed by atoms with van der Waals surface area (Å²) in [7, 11) is 0. The molecule has 0 bridgehead atoms. The van der Waals surface area contributed by atoms with Crippen LogP contribution < -0.4 is 10.6 Å². The molecule has 0 fully saturated rings. The van der Waals surface area contributed by atoms with Crippen molar-refractivity contribution >= 4 is 28.2 Å². The Hall–Kier alpha value is -1.91. The molecular weight excluding hydrogens is 242 g/mol. The van der Waals surface area contributed by atoms with Crippen molar-refractivity contribution in [2.45, 2.75) is 6.42 Å². The third kappa shape index (κ3) is 4.63. The Labute approximate surface area is 102 Å². The quantitative estimate of drug-likeness (QED) is 0.645. The Bertz CT molecular complexity index is 450. The number of nitrogens with one attached hydrogen (secondary N) is 2. The van der Waals surface area contributed by atoms with E-state index in [1.54, 1.807) is 11.4 Å². The number of nitrogens with zero attached hydrogens (tertiary/aromatic N) is 1. The van der Waals surface area contributed by atoms with E-state index in [0.29, 0.717) is 10.6 Å². The maximum absolute atomic E-state index is 11.4. The molecule has 0 atom stereocenters. The molecule has 1 aromatic heterocycles. The molecule has 0 aliphatic rings. The van der Waals surface area contributed by atoms with Crippen LogP contribution in [0.1, 0.15) is 12.0 Å². The number of carbonyl (C=O) groups is 2. The van der Waals surface area contributed by atoms with Gasteiger partial charge in [-0.1, -0.05) is 0 Å². The van der Waals surface area contributed by atoms with Crippen molar-refractivity contribution in [1.29, 1.82) is 5.26 Å². The Morgan fingerprint density at radius 1 is 1.53 bits per heavy atom. The standard InChI is InChI=1S/C10H11N3O3S/c11-5-7-2-4-17-10(7)13-8(14)1-3-12-6-9(15)16/h2,4,12H,1,3,6H2,(H,13,14)(H,15,16).